The standard InChI is InChI=1S/C13H18ClNOS2/c1-15-6-7-17-8-11(15)12(16)9-18-13-5-3-2-4-10(13)14/h2-5,11-12,16H,6-9H2,1H3. The molecule has 18 heavy (non-hydrogen) atoms. The number of hydrogen-bond acceptors (Lipinski definition) is 4. The zero-order valence-electron chi connectivity index (χ0n) is 10.4. The molecule has 2 atom stereocenters. The Hall–Kier alpha value is 0.130. The zero-order chi connectivity index (χ0) is 13.0. The Bertz CT molecular complexity index is 391. The average molecular weight is 304 g/mol. The molecule has 1 fully saturated rings. The molecule has 1 aromatic carbocycles. The van der Waals surface area contributed by atoms with Gasteiger partial charge in [0, 0.05) is 34.7 Å². The maximum atomic E-state index is 10.3. The van der Waals surface area contributed by atoms with Gasteiger partial charge in [-0.05, 0) is 19.2 Å². The molecule has 0 amide bonds. The molecule has 1 aromatic rings. The number of benzene rings is 1. The molecule has 1 N–H and O–H groups in total. The van der Waals surface area contributed by atoms with E-state index in [9.17, 15) is 5.11 Å². The summed E-state index contributed by atoms with van der Waals surface area (Å²) in [6.45, 7) is 1.06. The van der Waals surface area contributed by atoms with Crippen molar-refractivity contribution in [3.63, 3.8) is 0 Å². The first-order chi connectivity index (χ1) is 8.68. The van der Waals surface area contributed by atoms with Crippen molar-refractivity contribution in [1.82, 2.24) is 4.90 Å². The average Bonchev–Trinajstić information content (AvgIpc) is 2.38. The second-order valence-corrected chi connectivity index (χ2v) is 7.05. The van der Waals surface area contributed by atoms with Crippen molar-refractivity contribution < 1.29 is 5.11 Å². The lowest BCUT2D eigenvalue weighted by Crippen LogP contribution is -2.47. The van der Waals surface area contributed by atoms with Crippen LogP contribution >= 0.6 is 35.1 Å². The van der Waals surface area contributed by atoms with E-state index in [1.807, 2.05) is 36.0 Å². The Labute approximate surface area is 122 Å². The van der Waals surface area contributed by atoms with Gasteiger partial charge < -0.3 is 5.11 Å². The first-order valence-corrected chi connectivity index (χ1v) is 8.53. The lowest BCUT2D eigenvalue weighted by molar-refractivity contribution is 0.0936. The van der Waals surface area contributed by atoms with Crippen LogP contribution in [0.5, 0.6) is 0 Å². The molecule has 0 spiro atoms. The van der Waals surface area contributed by atoms with Crippen molar-refractivity contribution in [1.29, 1.82) is 0 Å². The lowest BCUT2D eigenvalue weighted by atomic mass is 10.2. The van der Waals surface area contributed by atoms with Crippen LogP contribution in [-0.2, 0) is 0 Å². The van der Waals surface area contributed by atoms with Crippen LogP contribution < -0.4 is 0 Å². The number of nitrogens with zero attached hydrogens (tertiary/aromatic N) is 1. The highest BCUT2D eigenvalue weighted by Crippen LogP contribution is 2.28. The number of thioether (sulfide) groups is 2. The van der Waals surface area contributed by atoms with Gasteiger partial charge in [0.15, 0.2) is 0 Å². The summed E-state index contributed by atoms with van der Waals surface area (Å²) in [6.07, 6.45) is -0.302. The summed E-state index contributed by atoms with van der Waals surface area (Å²) in [5.74, 6) is 2.87. The predicted octanol–water partition coefficient (Wildman–Crippen LogP) is 2.84. The van der Waals surface area contributed by atoms with E-state index in [4.69, 9.17) is 11.6 Å². The molecular weight excluding hydrogens is 286 g/mol. The Morgan fingerprint density at radius 3 is 3.06 bits per heavy atom. The van der Waals surface area contributed by atoms with Gasteiger partial charge in [-0.1, -0.05) is 23.7 Å². The minimum absolute atomic E-state index is 0.263. The fraction of sp³-hybridized carbons (Fsp3) is 0.538. The van der Waals surface area contributed by atoms with Crippen LogP contribution in [-0.4, -0.2) is 53.0 Å². The summed E-state index contributed by atoms with van der Waals surface area (Å²) in [5, 5.41) is 11.0. The molecular formula is C13H18ClNOS2. The van der Waals surface area contributed by atoms with Gasteiger partial charge in [-0.3, -0.25) is 4.90 Å². The van der Waals surface area contributed by atoms with Crippen molar-refractivity contribution in [3.05, 3.63) is 29.3 Å². The molecule has 5 heteroatoms. The number of aliphatic hydroxyl groups is 1. The first kappa shape index (κ1) is 14.5. The topological polar surface area (TPSA) is 23.5 Å². The molecule has 2 rings (SSSR count). The number of rotatable bonds is 4. The fourth-order valence-corrected chi connectivity index (χ4v) is 4.51. The number of aliphatic hydroxyl groups excluding tert-OH is 1. The van der Waals surface area contributed by atoms with Gasteiger partial charge in [0.1, 0.15) is 0 Å². The molecule has 2 nitrogen and oxygen atoms in total. The highest BCUT2D eigenvalue weighted by Gasteiger charge is 2.26. The van der Waals surface area contributed by atoms with E-state index in [0.29, 0.717) is 5.75 Å². The largest absolute Gasteiger partial charge is 0.391 e. The smallest absolute Gasteiger partial charge is 0.0797 e. The van der Waals surface area contributed by atoms with Crippen LogP contribution in [0.3, 0.4) is 0 Å². The molecule has 0 bridgehead atoms. The Morgan fingerprint density at radius 1 is 1.56 bits per heavy atom. The van der Waals surface area contributed by atoms with Gasteiger partial charge in [0.05, 0.1) is 11.1 Å². The van der Waals surface area contributed by atoms with Gasteiger partial charge in [0.2, 0.25) is 0 Å². The SMILES string of the molecule is CN1CCSCC1C(O)CSc1ccccc1Cl. The highest BCUT2D eigenvalue weighted by atomic mass is 35.5. The van der Waals surface area contributed by atoms with Crippen molar-refractivity contribution >= 4 is 35.1 Å². The summed E-state index contributed by atoms with van der Waals surface area (Å²) in [5.41, 5.74) is 0. The van der Waals surface area contributed by atoms with E-state index in [1.54, 1.807) is 11.8 Å². The molecule has 0 aromatic heterocycles. The van der Waals surface area contributed by atoms with Crippen LogP contribution in [0.2, 0.25) is 5.02 Å². The molecule has 1 aliphatic rings. The van der Waals surface area contributed by atoms with Crippen molar-refractivity contribution in [3.8, 4) is 0 Å². The maximum Gasteiger partial charge on any atom is 0.0797 e. The molecule has 0 saturated carbocycles. The quantitative estimate of drug-likeness (QED) is 0.864. The second kappa shape index (κ2) is 7.06. The maximum absolute atomic E-state index is 10.3. The van der Waals surface area contributed by atoms with Crippen molar-refractivity contribution in [2.24, 2.45) is 0 Å². The van der Waals surface area contributed by atoms with E-state index in [0.717, 1.165) is 28.0 Å². The normalized spacial score (nSPS) is 22.9. The van der Waals surface area contributed by atoms with Gasteiger partial charge in [0.25, 0.3) is 0 Å². The van der Waals surface area contributed by atoms with E-state index in [-0.39, 0.29) is 12.1 Å². The summed E-state index contributed by atoms with van der Waals surface area (Å²) in [4.78, 5) is 3.30. The van der Waals surface area contributed by atoms with Crippen LogP contribution in [0.4, 0.5) is 0 Å². The number of hydrogen-bond donors (Lipinski definition) is 1. The minimum Gasteiger partial charge on any atom is -0.391 e. The van der Waals surface area contributed by atoms with E-state index in [1.165, 1.54) is 0 Å². The van der Waals surface area contributed by atoms with Crippen LogP contribution in [0, 0.1) is 0 Å². The Morgan fingerprint density at radius 2 is 2.33 bits per heavy atom. The number of halogens is 1. The van der Waals surface area contributed by atoms with Crippen LogP contribution in [0.25, 0.3) is 0 Å². The second-order valence-electron chi connectivity index (χ2n) is 4.43. The molecule has 0 radical (unpaired) electrons. The van der Waals surface area contributed by atoms with Crippen molar-refractivity contribution in [2.45, 2.75) is 17.0 Å². The van der Waals surface area contributed by atoms with Crippen molar-refractivity contribution in [2.75, 3.05) is 30.9 Å². The van der Waals surface area contributed by atoms with E-state index >= 15 is 0 Å². The van der Waals surface area contributed by atoms with Crippen LogP contribution in [0.1, 0.15) is 0 Å². The third kappa shape index (κ3) is 3.81. The summed E-state index contributed by atoms with van der Waals surface area (Å²) in [7, 11) is 2.09. The third-order valence-corrected chi connectivity index (χ3v) is 5.80. The molecule has 1 saturated heterocycles. The van der Waals surface area contributed by atoms with Crippen LogP contribution in [0.15, 0.2) is 29.2 Å². The minimum atomic E-state index is -0.302. The Kier molecular flexibility index (Phi) is 5.70. The fourth-order valence-electron chi connectivity index (χ4n) is 1.96. The molecule has 0 aliphatic carbocycles. The van der Waals surface area contributed by atoms with E-state index < -0.39 is 0 Å². The Balaban J connectivity index is 1.88. The first-order valence-electron chi connectivity index (χ1n) is 6.02. The summed E-state index contributed by atoms with van der Waals surface area (Å²) < 4.78 is 0. The molecule has 2 unspecified atom stereocenters. The third-order valence-electron chi connectivity index (χ3n) is 3.13. The summed E-state index contributed by atoms with van der Waals surface area (Å²) >= 11 is 9.66. The predicted molar refractivity (Wildman–Crippen MR) is 81.9 cm³/mol. The van der Waals surface area contributed by atoms with Gasteiger partial charge in [-0.25, -0.2) is 0 Å². The molecule has 100 valence electrons. The van der Waals surface area contributed by atoms with Gasteiger partial charge >= 0.3 is 0 Å². The lowest BCUT2D eigenvalue weighted by Gasteiger charge is -2.35. The van der Waals surface area contributed by atoms with E-state index in [2.05, 4.69) is 11.9 Å². The summed E-state index contributed by atoms with van der Waals surface area (Å²) in [6, 6.07) is 8.05. The monoisotopic (exact) mass is 303 g/mol. The van der Waals surface area contributed by atoms with Gasteiger partial charge in [-0.2, -0.15) is 11.8 Å². The molecule has 1 aliphatic heterocycles. The van der Waals surface area contributed by atoms with Gasteiger partial charge in [-0.15, -0.1) is 11.8 Å². The zero-order valence-corrected chi connectivity index (χ0v) is 12.8. The molecule has 1 heterocycles. The highest BCUT2D eigenvalue weighted by molar-refractivity contribution is 7.99. The number of likely N-dealkylation sites (N-methyl/N-ethyl adjacent to an activating group) is 1.